The molecule has 4 atom stereocenters. The van der Waals surface area contributed by atoms with E-state index in [1.807, 2.05) is 6.92 Å². The number of hydrogen-bond acceptors (Lipinski definition) is 4. The van der Waals surface area contributed by atoms with Crippen LogP contribution in [0.2, 0.25) is 0 Å². The Balaban J connectivity index is 2.33. The van der Waals surface area contributed by atoms with Gasteiger partial charge in [0.2, 0.25) is 0 Å². The van der Waals surface area contributed by atoms with Gasteiger partial charge in [0.15, 0.2) is 0 Å². The zero-order chi connectivity index (χ0) is 14.2. The van der Waals surface area contributed by atoms with E-state index in [-0.39, 0.29) is 0 Å². The lowest BCUT2D eigenvalue weighted by atomic mass is 9.84. The topological polar surface area (TPSA) is 66.8 Å². The molecule has 4 nitrogen and oxygen atoms in total. The van der Waals surface area contributed by atoms with Crippen molar-refractivity contribution >= 4 is 5.97 Å². The quantitative estimate of drug-likeness (QED) is 0.395. The molecule has 2 aliphatic rings. The summed E-state index contributed by atoms with van der Waals surface area (Å²) in [6.45, 7) is 9.47. The molecule has 0 amide bonds. The molecule has 0 spiro atoms. The molecular weight excluding hydrogens is 244 g/mol. The molecule has 0 aromatic heterocycles. The van der Waals surface area contributed by atoms with Crippen LogP contribution >= 0.6 is 0 Å². The van der Waals surface area contributed by atoms with Crippen molar-refractivity contribution in [2.24, 2.45) is 5.92 Å². The van der Waals surface area contributed by atoms with E-state index in [0.29, 0.717) is 30.4 Å². The highest BCUT2D eigenvalue weighted by Crippen LogP contribution is 2.35. The van der Waals surface area contributed by atoms with E-state index in [2.05, 4.69) is 13.2 Å². The molecule has 0 bridgehead atoms. The number of fused-ring (bicyclic) bond motifs is 1. The van der Waals surface area contributed by atoms with E-state index in [9.17, 15) is 15.0 Å². The van der Waals surface area contributed by atoms with Gasteiger partial charge in [-0.2, -0.15) is 0 Å². The first-order chi connectivity index (χ1) is 8.90. The van der Waals surface area contributed by atoms with Crippen LogP contribution in [0.1, 0.15) is 26.2 Å². The van der Waals surface area contributed by atoms with E-state index >= 15 is 0 Å². The molecule has 1 fully saturated rings. The third-order valence-corrected chi connectivity index (χ3v) is 3.89. The molecule has 2 N–H and O–H groups in total. The Labute approximate surface area is 113 Å². The third-order valence-electron chi connectivity index (χ3n) is 3.89. The highest BCUT2D eigenvalue weighted by Gasteiger charge is 2.42. The van der Waals surface area contributed by atoms with E-state index in [0.717, 1.165) is 5.57 Å². The molecule has 0 aromatic rings. The van der Waals surface area contributed by atoms with E-state index in [1.165, 1.54) is 0 Å². The molecule has 104 valence electrons. The second-order valence-corrected chi connectivity index (χ2v) is 5.42. The fourth-order valence-electron chi connectivity index (χ4n) is 2.68. The van der Waals surface area contributed by atoms with Gasteiger partial charge in [-0.05, 0) is 25.3 Å². The summed E-state index contributed by atoms with van der Waals surface area (Å²) in [6.07, 6.45) is 1.47. The van der Waals surface area contributed by atoms with Gasteiger partial charge in [0.25, 0.3) is 0 Å². The highest BCUT2D eigenvalue weighted by atomic mass is 16.6. The van der Waals surface area contributed by atoms with Crippen LogP contribution in [0.3, 0.4) is 0 Å². The van der Waals surface area contributed by atoms with Gasteiger partial charge in [0.1, 0.15) is 6.10 Å². The summed E-state index contributed by atoms with van der Waals surface area (Å²) in [5.74, 6) is -0.925. The van der Waals surface area contributed by atoms with Crippen molar-refractivity contribution in [3.8, 4) is 0 Å². The van der Waals surface area contributed by atoms with Crippen LogP contribution in [-0.4, -0.2) is 34.5 Å². The Morgan fingerprint density at radius 3 is 2.74 bits per heavy atom. The minimum Gasteiger partial charge on any atom is -0.458 e. The molecule has 2 rings (SSSR count). The van der Waals surface area contributed by atoms with Crippen LogP contribution in [0, 0.1) is 5.92 Å². The van der Waals surface area contributed by atoms with Crippen molar-refractivity contribution in [2.75, 3.05) is 0 Å². The smallest absolute Gasteiger partial charge is 0.334 e. The Kier molecular flexibility index (Phi) is 3.92. The zero-order valence-electron chi connectivity index (χ0n) is 11.1. The molecule has 1 heterocycles. The molecule has 1 aliphatic heterocycles. The van der Waals surface area contributed by atoms with E-state index in [1.54, 1.807) is 6.08 Å². The SMILES string of the molecule is C=C1C(=O)O[C@H]2CC(=C)[C@@H](O)CCC(C)=C[C@@H](O)[C@H]12. The first-order valence-electron chi connectivity index (χ1n) is 6.51. The predicted molar refractivity (Wildman–Crippen MR) is 71.3 cm³/mol. The highest BCUT2D eigenvalue weighted by molar-refractivity contribution is 5.91. The molecule has 19 heavy (non-hydrogen) atoms. The van der Waals surface area contributed by atoms with Crippen LogP contribution in [0.4, 0.5) is 0 Å². The molecule has 0 radical (unpaired) electrons. The number of aliphatic hydroxyl groups is 2. The first-order valence-corrected chi connectivity index (χ1v) is 6.51. The molecule has 0 saturated carbocycles. The van der Waals surface area contributed by atoms with Gasteiger partial charge in [-0.3, -0.25) is 0 Å². The number of carbonyl (C=O) groups is 1. The summed E-state index contributed by atoms with van der Waals surface area (Å²) in [5.41, 5.74) is 1.91. The number of ether oxygens (including phenoxy) is 1. The third kappa shape index (κ3) is 2.80. The number of carbonyl (C=O) groups excluding carboxylic acids is 1. The average molecular weight is 264 g/mol. The number of esters is 1. The molecule has 0 unspecified atom stereocenters. The molecule has 1 aliphatic carbocycles. The van der Waals surface area contributed by atoms with Gasteiger partial charge in [-0.25, -0.2) is 4.79 Å². The van der Waals surface area contributed by atoms with Crippen molar-refractivity contribution in [2.45, 2.75) is 44.5 Å². The van der Waals surface area contributed by atoms with Crippen LogP contribution in [0.5, 0.6) is 0 Å². The van der Waals surface area contributed by atoms with Crippen LogP contribution in [0.15, 0.2) is 36.0 Å². The normalized spacial score (nSPS) is 36.6. The average Bonchev–Trinajstić information content (AvgIpc) is 2.60. The van der Waals surface area contributed by atoms with Gasteiger partial charge < -0.3 is 14.9 Å². The first kappa shape index (κ1) is 14.0. The van der Waals surface area contributed by atoms with Crippen molar-refractivity contribution in [1.82, 2.24) is 0 Å². The van der Waals surface area contributed by atoms with Crippen LogP contribution in [-0.2, 0) is 9.53 Å². The minimum absolute atomic E-state index is 0.296. The summed E-state index contributed by atoms with van der Waals surface area (Å²) in [5, 5.41) is 20.2. The second kappa shape index (κ2) is 5.31. The van der Waals surface area contributed by atoms with Crippen molar-refractivity contribution < 1.29 is 19.7 Å². The summed E-state index contributed by atoms with van der Waals surface area (Å²) in [6, 6.07) is 0. The standard InChI is InChI=1S/C15H20O4/c1-8-4-5-11(16)9(2)7-13-14(12(17)6-8)10(3)15(18)19-13/h6,11-14,16-17H,2-5,7H2,1H3/t11-,12+,13-,14-/m0/s1. The van der Waals surface area contributed by atoms with Crippen molar-refractivity contribution in [3.63, 3.8) is 0 Å². The fraction of sp³-hybridized carbons (Fsp3) is 0.533. The molecule has 1 saturated heterocycles. The Bertz CT molecular complexity index is 449. The Hall–Kier alpha value is -1.39. The molecular formula is C15H20O4. The van der Waals surface area contributed by atoms with E-state index < -0.39 is 30.2 Å². The van der Waals surface area contributed by atoms with Crippen molar-refractivity contribution in [1.29, 1.82) is 0 Å². The van der Waals surface area contributed by atoms with Gasteiger partial charge in [-0.15, -0.1) is 0 Å². The largest absolute Gasteiger partial charge is 0.458 e. The van der Waals surface area contributed by atoms with E-state index in [4.69, 9.17) is 4.74 Å². The van der Waals surface area contributed by atoms with Crippen LogP contribution < -0.4 is 0 Å². The monoisotopic (exact) mass is 264 g/mol. The zero-order valence-corrected chi connectivity index (χ0v) is 11.1. The number of allylic oxidation sites excluding steroid dienone is 1. The van der Waals surface area contributed by atoms with Gasteiger partial charge in [0.05, 0.1) is 18.1 Å². The lowest BCUT2D eigenvalue weighted by Gasteiger charge is -2.25. The lowest BCUT2D eigenvalue weighted by Crippen LogP contribution is -2.30. The summed E-state index contributed by atoms with van der Waals surface area (Å²) >= 11 is 0. The van der Waals surface area contributed by atoms with Crippen molar-refractivity contribution in [3.05, 3.63) is 36.0 Å². The van der Waals surface area contributed by atoms with Gasteiger partial charge in [0, 0.05) is 12.0 Å². The summed E-state index contributed by atoms with van der Waals surface area (Å²) < 4.78 is 5.23. The molecule has 0 aromatic carbocycles. The maximum atomic E-state index is 11.6. The number of rotatable bonds is 0. The second-order valence-electron chi connectivity index (χ2n) is 5.42. The Morgan fingerprint density at radius 2 is 2.05 bits per heavy atom. The van der Waals surface area contributed by atoms with Crippen LogP contribution in [0.25, 0.3) is 0 Å². The Morgan fingerprint density at radius 1 is 1.37 bits per heavy atom. The minimum atomic E-state index is -0.785. The fourth-order valence-corrected chi connectivity index (χ4v) is 2.68. The summed E-state index contributed by atoms with van der Waals surface area (Å²) in [7, 11) is 0. The maximum Gasteiger partial charge on any atom is 0.334 e. The maximum absolute atomic E-state index is 11.6. The lowest BCUT2D eigenvalue weighted by molar-refractivity contribution is -0.139. The summed E-state index contributed by atoms with van der Waals surface area (Å²) in [4.78, 5) is 11.6. The van der Waals surface area contributed by atoms with Gasteiger partial charge >= 0.3 is 5.97 Å². The number of hydrogen-bond donors (Lipinski definition) is 2. The van der Waals surface area contributed by atoms with Gasteiger partial charge in [-0.1, -0.05) is 24.8 Å². The predicted octanol–water partition coefficient (Wildman–Crippen LogP) is 1.49. The number of aliphatic hydroxyl groups excluding tert-OH is 2. The molecule has 4 heteroatoms.